The van der Waals surface area contributed by atoms with E-state index < -0.39 is 12.0 Å². The third-order valence-corrected chi connectivity index (χ3v) is 5.05. The highest BCUT2D eigenvalue weighted by atomic mass is 32.1. The summed E-state index contributed by atoms with van der Waals surface area (Å²) in [4.78, 5) is 27.5. The van der Waals surface area contributed by atoms with E-state index >= 15 is 0 Å². The van der Waals surface area contributed by atoms with E-state index in [1.807, 2.05) is 59.8 Å². The van der Waals surface area contributed by atoms with E-state index in [0.717, 1.165) is 10.4 Å². The molecule has 0 saturated heterocycles. The number of methoxy groups -OCH3 is 1. The first-order chi connectivity index (χ1) is 12.6. The van der Waals surface area contributed by atoms with Gasteiger partial charge in [0, 0.05) is 23.7 Å². The van der Waals surface area contributed by atoms with Gasteiger partial charge in [0.25, 0.3) is 0 Å². The van der Waals surface area contributed by atoms with Crippen molar-refractivity contribution in [2.75, 3.05) is 20.7 Å². The maximum Gasteiger partial charge on any atom is 0.338 e. The number of thiophene rings is 1. The number of hydrogen-bond acceptors (Lipinski definition) is 5. The normalized spacial score (nSPS) is 17.0. The topological polar surface area (TPSA) is 70.7 Å². The van der Waals surface area contributed by atoms with Gasteiger partial charge in [-0.2, -0.15) is 0 Å². The Hall–Kier alpha value is -2.64. The minimum absolute atomic E-state index is 0.320. The Morgan fingerprint density at radius 3 is 2.62 bits per heavy atom. The predicted octanol–water partition coefficient (Wildman–Crippen LogP) is 2.66. The Balaban J connectivity index is 1.88. The zero-order valence-corrected chi connectivity index (χ0v) is 15.5. The fourth-order valence-electron chi connectivity index (χ4n) is 2.98. The van der Waals surface area contributed by atoms with Crippen molar-refractivity contribution in [2.24, 2.45) is 0 Å². The Morgan fingerprint density at radius 2 is 1.96 bits per heavy atom. The fourth-order valence-corrected chi connectivity index (χ4v) is 3.77. The molecular formula is C19H21N3O3S. The molecule has 2 aromatic rings. The molecule has 0 radical (unpaired) electrons. The zero-order chi connectivity index (χ0) is 18.5. The third kappa shape index (κ3) is 4.12. The summed E-state index contributed by atoms with van der Waals surface area (Å²) in [6.07, 6.45) is 0. The smallest absolute Gasteiger partial charge is 0.338 e. The largest absolute Gasteiger partial charge is 0.466 e. The zero-order valence-electron chi connectivity index (χ0n) is 14.7. The highest BCUT2D eigenvalue weighted by Gasteiger charge is 2.34. The maximum atomic E-state index is 12.4. The number of urea groups is 1. The van der Waals surface area contributed by atoms with Gasteiger partial charge >= 0.3 is 12.0 Å². The van der Waals surface area contributed by atoms with E-state index in [-0.39, 0.29) is 6.03 Å². The van der Waals surface area contributed by atoms with Crippen LogP contribution in [0.15, 0.2) is 59.1 Å². The van der Waals surface area contributed by atoms with Crippen LogP contribution in [0.5, 0.6) is 0 Å². The molecule has 1 atom stereocenters. The van der Waals surface area contributed by atoms with E-state index in [1.165, 1.54) is 18.4 Å². The lowest BCUT2D eigenvalue weighted by Gasteiger charge is -2.30. The number of ether oxygens (including phenoxy) is 1. The number of carbonyl (C=O) groups is 2. The van der Waals surface area contributed by atoms with Crippen molar-refractivity contribution >= 4 is 23.3 Å². The van der Waals surface area contributed by atoms with E-state index in [9.17, 15) is 9.59 Å². The van der Waals surface area contributed by atoms with Gasteiger partial charge < -0.3 is 15.4 Å². The van der Waals surface area contributed by atoms with Crippen molar-refractivity contribution in [3.63, 3.8) is 0 Å². The molecule has 0 unspecified atom stereocenters. The first-order valence-corrected chi connectivity index (χ1v) is 9.11. The Morgan fingerprint density at radius 1 is 1.19 bits per heavy atom. The molecule has 2 N–H and O–H groups in total. The fraction of sp³-hybridized carbons (Fsp3) is 0.263. The Bertz CT molecular complexity index is 803. The minimum Gasteiger partial charge on any atom is -0.466 e. The van der Waals surface area contributed by atoms with Gasteiger partial charge in [0.2, 0.25) is 0 Å². The number of carbonyl (C=O) groups excluding carboxylic acids is 2. The van der Waals surface area contributed by atoms with Crippen molar-refractivity contribution in [3.05, 3.63) is 69.6 Å². The summed E-state index contributed by atoms with van der Waals surface area (Å²) in [6, 6.07) is 13.0. The number of rotatable bonds is 6. The molecule has 6 nitrogen and oxygen atoms in total. The maximum absolute atomic E-state index is 12.4. The molecule has 7 heteroatoms. The van der Waals surface area contributed by atoms with Crippen LogP contribution in [-0.2, 0) is 16.1 Å². The van der Waals surface area contributed by atoms with Gasteiger partial charge in [-0.3, -0.25) is 4.90 Å². The molecule has 0 aliphatic carbocycles. The molecule has 1 aliphatic rings. The van der Waals surface area contributed by atoms with Crippen LogP contribution >= 0.6 is 11.3 Å². The average Bonchev–Trinajstić information content (AvgIpc) is 3.16. The van der Waals surface area contributed by atoms with Gasteiger partial charge in [0.05, 0.1) is 18.7 Å². The standard InChI is InChI=1S/C19H21N3O3S/c1-22(11-13-7-4-3-5-8-13)12-14-16(18(23)25-2)17(21-19(24)20-14)15-9-6-10-26-15/h3-10,17H,11-12H2,1-2H3,(H2,20,21,24)/t17-/m0/s1. The quantitative estimate of drug-likeness (QED) is 0.766. The summed E-state index contributed by atoms with van der Waals surface area (Å²) in [5.41, 5.74) is 2.16. The summed E-state index contributed by atoms with van der Waals surface area (Å²) in [5, 5.41) is 7.52. The van der Waals surface area contributed by atoms with Crippen LogP contribution in [0.25, 0.3) is 0 Å². The molecule has 2 amide bonds. The van der Waals surface area contributed by atoms with Crippen molar-refractivity contribution in [3.8, 4) is 0 Å². The van der Waals surface area contributed by atoms with E-state index in [2.05, 4.69) is 10.6 Å². The number of nitrogens with zero attached hydrogens (tertiary/aromatic N) is 1. The summed E-state index contributed by atoms with van der Waals surface area (Å²) in [6.45, 7) is 1.13. The van der Waals surface area contributed by atoms with Crippen LogP contribution in [-0.4, -0.2) is 37.6 Å². The lowest BCUT2D eigenvalue weighted by Crippen LogP contribution is -2.47. The Labute approximate surface area is 156 Å². The van der Waals surface area contributed by atoms with E-state index in [0.29, 0.717) is 24.4 Å². The molecule has 0 bridgehead atoms. The molecule has 26 heavy (non-hydrogen) atoms. The molecule has 1 aromatic heterocycles. The minimum atomic E-state index is -0.503. The van der Waals surface area contributed by atoms with Crippen LogP contribution in [0.4, 0.5) is 4.79 Å². The van der Waals surface area contributed by atoms with Crippen LogP contribution in [0.3, 0.4) is 0 Å². The van der Waals surface area contributed by atoms with Crippen LogP contribution in [0.2, 0.25) is 0 Å². The first kappa shape index (κ1) is 18.2. The number of amides is 2. The number of benzene rings is 1. The van der Waals surface area contributed by atoms with Crippen molar-refractivity contribution in [1.82, 2.24) is 15.5 Å². The molecule has 0 saturated carbocycles. The highest BCUT2D eigenvalue weighted by Crippen LogP contribution is 2.30. The summed E-state index contributed by atoms with van der Waals surface area (Å²) >= 11 is 1.49. The monoisotopic (exact) mass is 371 g/mol. The molecule has 3 rings (SSSR count). The second-order valence-electron chi connectivity index (χ2n) is 6.09. The molecule has 2 heterocycles. The third-order valence-electron chi connectivity index (χ3n) is 4.11. The SMILES string of the molecule is COC(=O)C1=C(CN(C)Cc2ccccc2)NC(=O)N[C@H]1c1cccs1. The number of nitrogens with one attached hydrogen (secondary N) is 2. The number of likely N-dealkylation sites (N-methyl/N-ethyl adjacent to an activating group) is 1. The van der Waals surface area contributed by atoms with Crippen molar-refractivity contribution < 1.29 is 14.3 Å². The van der Waals surface area contributed by atoms with Gasteiger partial charge in [-0.05, 0) is 24.1 Å². The van der Waals surface area contributed by atoms with E-state index in [4.69, 9.17) is 4.74 Å². The van der Waals surface area contributed by atoms with E-state index in [1.54, 1.807) is 0 Å². The average molecular weight is 371 g/mol. The summed E-state index contributed by atoms with van der Waals surface area (Å²) in [7, 11) is 3.30. The molecule has 136 valence electrons. The molecule has 0 fully saturated rings. The molecule has 0 spiro atoms. The van der Waals surface area contributed by atoms with Gasteiger partial charge in [-0.25, -0.2) is 9.59 Å². The van der Waals surface area contributed by atoms with Crippen LogP contribution < -0.4 is 10.6 Å². The molecule has 1 aromatic carbocycles. The van der Waals surface area contributed by atoms with Crippen molar-refractivity contribution in [1.29, 1.82) is 0 Å². The first-order valence-electron chi connectivity index (χ1n) is 8.23. The van der Waals surface area contributed by atoms with Crippen LogP contribution in [0, 0.1) is 0 Å². The second-order valence-corrected chi connectivity index (χ2v) is 7.07. The summed E-state index contributed by atoms with van der Waals surface area (Å²) < 4.78 is 4.98. The number of esters is 1. The van der Waals surface area contributed by atoms with Gasteiger partial charge in [0.1, 0.15) is 0 Å². The van der Waals surface area contributed by atoms with Crippen molar-refractivity contribution in [2.45, 2.75) is 12.6 Å². The summed E-state index contributed by atoms with van der Waals surface area (Å²) in [5.74, 6) is -0.445. The lowest BCUT2D eigenvalue weighted by atomic mass is 10.0. The highest BCUT2D eigenvalue weighted by molar-refractivity contribution is 7.10. The van der Waals surface area contributed by atoms with Gasteiger partial charge in [0.15, 0.2) is 0 Å². The Kier molecular flexibility index (Phi) is 5.70. The molecule has 1 aliphatic heterocycles. The van der Waals surface area contributed by atoms with Gasteiger partial charge in [-0.1, -0.05) is 36.4 Å². The lowest BCUT2D eigenvalue weighted by molar-refractivity contribution is -0.136. The number of hydrogen-bond donors (Lipinski definition) is 2. The predicted molar refractivity (Wildman–Crippen MR) is 101 cm³/mol. The van der Waals surface area contributed by atoms with Crippen LogP contribution in [0.1, 0.15) is 16.5 Å². The van der Waals surface area contributed by atoms with Gasteiger partial charge in [-0.15, -0.1) is 11.3 Å². The molecular weight excluding hydrogens is 350 g/mol. The second kappa shape index (κ2) is 8.16.